The first-order valence-electron chi connectivity index (χ1n) is 6.95. The fourth-order valence-electron chi connectivity index (χ4n) is 1.99. The van der Waals surface area contributed by atoms with Gasteiger partial charge in [-0.05, 0) is 20.3 Å². The van der Waals surface area contributed by atoms with Crippen LogP contribution in [-0.4, -0.2) is 17.6 Å². The van der Waals surface area contributed by atoms with Gasteiger partial charge in [0.15, 0.2) is 0 Å². The molecular weight excluding hydrogens is 252 g/mol. The summed E-state index contributed by atoms with van der Waals surface area (Å²) in [6.07, 6.45) is 2.19. The van der Waals surface area contributed by atoms with Gasteiger partial charge in [-0.2, -0.15) is 0 Å². The molecule has 2 nitrogen and oxygen atoms in total. The van der Waals surface area contributed by atoms with Gasteiger partial charge in [0.05, 0.1) is 10.7 Å². The minimum atomic E-state index is 0.592. The zero-order chi connectivity index (χ0) is 13.7. The third-order valence-electron chi connectivity index (χ3n) is 3.33. The molecule has 102 valence electrons. The summed E-state index contributed by atoms with van der Waals surface area (Å²) in [5, 5.41) is 4.74. The van der Waals surface area contributed by atoms with Gasteiger partial charge in [0.25, 0.3) is 0 Å². The van der Waals surface area contributed by atoms with Crippen LogP contribution >= 0.6 is 11.3 Å². The van der Waals surface area contributed by atoms with E-state index in [1.807, 2.05) is 17.4 Å². The Labute approximate surface area is 119 Å². The van der Waals surface area contributed by atoms with Crippen molar-refractivity contribution in [3.8, 4) is 11.3 Å². The van der Waals surface area contributed by atoms with Crippen LogP contribution in [0.25, 0.3) is 11.3 Å². The molecule has 1 N–H and O–H groups in total. The van der Waals surface area contributed by atoms with E-state index in [1.165, 1.54) is 21.9 Å². The number of benzene rings is 1. The Balaban J connectivity index is 2.01. The highest BCUT2D eigenvalue weighted by atomic mass is 32.1. The fraction of sp³-hybridized carbons (Fsp3) is 0.438. The fourth-order valence-corrected chi connectivity index (χ4v) is 2.95. The van der Waals surface area contributed by atoms with Gasteiger partial charge in [0.2, 0.25) is 0 Å². The van der Waals surface area contributed by atoms with E-state index in [0.717, 1.165) is 18.7 Å². The summed E-state index contributed by atoms with van der Waals surface area (Å²) in [4.78, 5) is 6.09. The normalized spacial score (nSPS) is 12.6. The van der Waals surface area contributed by atoms with E-state index >= 15 is 0 Å². The number of rotatable bonds is 6. The van der Waals surface area contributed by atoms with Gasteiger partial charge in [0.1, 0.15) is 0 Å². The van der Waals surface area contributed by atoms with Crippen LogP contribution in [0.3, 0.4) is 0 Å². The monoisotopic (exact) mass is 274 g/mol. The molecule has 2 rings (SSSR count). The zero-order valence-corrected chi connectivity index (χ0v) is 12.8. The minimum Gasteiger partial charge on any atom is -0.314 e. The molecule has 0 aliphatic heterocycles. The first-order chi connectivity index (χ1) is 9.20. The molecule has 1 heterocycles. The Kier molecular flexibility index (Phi) is 5.11. The van der Waals surface area contributed by atoms with Crippen molar-refractivity contribution in [2.24, 2.45) is 0 Å². The maximum absolute atomic E-state index is 4.78. The average Bonchev–Trinajstić information content (AvgIpc) is 2.80. The number of hydrogen-bond acceptors (Lipinski definition) is 3. The van der Waals surface area contributed by atoms with Gasteiger partial charge in [-0.1, -0.05) is 37.3 Å². The Bertz CT molecular complexity index is 505. The highest BCUT2D eigenvalue weighted by Crippen LogP contribution is 2.27. The molecule has 1 aromatic carbocycles. The molecule has 0 amide bonds. The SMILES string of the molecule is CCC(C)NCCc1nc(-c2ccccc2)c(C)s1. The van der Waals surface area contributed by atoms with Crippen LogP contribution in [0.2, 0.25) is 0 Å². The lowest BCUT2D eigenvalue weighted by molar-refractivity contribution is 0.537. The first-order valence-corrected chi connectivity index (χ1v) is 7.77. The maximum atomic E-state index is 4.78. The van der Waals surface area contributed by atoms with E-state index < -0.39 is 0 Å². The topological polar surface area (TPSA) is 24.9 Å². The lowest BCUT2D eigenvalue weighted by atomic mass is 10.1. The van der Waals surface area contributed by atoms with Crippen molar-refractivity contribution in [2.75, 3.05) is 6.54 Å². The minimum absolute atomic E-state index is 0.592. The lowest BCUT2D eigenvalue weighted by Crippen LogP contribution is -2.27. The standard InChI is InChI=1S/C16H22N2S/c1-4-12(2)17-11-10-15-18-16(13(3)19-15)14-8-6-5-7-9-14/h5-9,12,17H,4,10-11H2,1-3H3. The molecule has 1 unspecified atom stereocenters. The zero-order valence-electron chi connectivity index (χ0n) is 11.9. The smallest absolute Gasteiger partial charge is 0.0948 e. The predicted molar refractivity (Wildman–Crippen MR) is 83.7 cm³/mol. The molecule has 0 fully saturated rings. The molecule has 0 aliphatic rings. The van der Waals surface area contributed by atoms with Crippen LogP contribution in [0, 0.1) is 6.92 Å². The van der Waals surface area contributed by atoms with Crippen LogP contribution in [-0.2, 0) is 6.42 Å². The quantitative estimate of drug-likeness (QED) is 0.859. The highest BCUT2D eigenvalue weighted by Gasteiger charge is 2.09. The number of aromatic nitrogens is 1. The Hall–Kier alpha value is -1.19. The number of nitrogens with zero attached hydrogens (tertiary/aromatic N) is 1. The van der Waals surface area contributed by atoms with Crippen molar-refractivity contribution in [1.82, 2.24) is 10.3 Å². The van der Waals surface area contributed by atoms with Gasteiger partial charge in [-0.15, -0.1) is 11.3 Å². The van der Waals surface area contributed by atoms with Crippen molar-refractivity contribution < 1.29 is 0 Å². The van der Waals surface area contributed by atoms with Gasteiger partial charge in [-0.25, -0.2) is 4.98 Å². The Morgan fingerprint density at radius 2 is 2.00 bits per heavy atom. The number of nitrogens with one attached hydrogen (secondary N) is 1. The molecule has 0 saturated heterocycles. The summed E-state index contributed by atoms with van der Waals surface area (Å²) >= 11 is 1.82. The van der Waals surface area contributed by atoms with Crippen LogP contribution in [0.1, 0.15) is 30.2 Å². The molecule has 0 spiro atoms. The summed E-state index contributed by atoms with van der Waals surface area (Å²) in [6.45, 7) is 7.60. The molecule has 0 radical (unpaired) electrons. The number of aryl methyl sites for hydroxylation is 1. The Morgan fingerprint density at radius 3 is 2.68 bits per heavy atom. The predicted octanol–water partition coefficient (Wildman–Crippen LogP) is 4.05. The third kappa shape index (κ3) is 3.88. The highest BCUT2D eigenvalue weighted by molar-refractivity contribution is 7.12. The molecule has 3 heteroatoms. The number of hydrogen-bond donors (Lipinski definition) is 1. The summed E-state index contributed by atoms with van der Waals surface area (Å²) in [6, 6.07) is 11.0. The van der Waals surface area contributed by atoms with Gasteiger partial charge < -0.3 is 5.32 Å². The number of thiazole rings is 1. The Morgan fingerprint density at radius 1 is 1.26 bits per heavy atom. The van der Waals surface area contributed by atoms with Crippen LogP contribution < -0.4 is 5.32 Å². The van der Waals surface area contributed by atoms with Gasteiger partial charge >= 0.3 is 0 Å². The van der Waals surface area contributed by atoms with E-state index in [1.54, 1.807) is 0 Å². The van der Waals surface area contributed by atoms with E-state index in [0.29, 0.717) is 6.04 Å². The summed E-state index contributed by atoms with van der Waals surface area (Å²) in [5.74, 6) is 0. The first kappa shape index (κ1) is 14.2. The molecule has 0 saturated carbocycles. The van der Waals surface area contributed by atoms with E-state index in [4.69, 9.17) is 4.98 Å². The van der Waals surface area contributed by atoms with Crippen LogP contribution in [0.5, 0.6) is 0 Å². The molecule has 1 atom stereocenters. The summed E-state index contributed by atoms with van der Waals surface area (Å²) < 4.78 is 0. The summed E-state index contributed by atoms with van der Waals surface area (Å²) in [7, 11) is 0. The molecule has 0 aliphatic carbocycles. The summed E-state index contributed by atoms with van der Waals surface area (Å²) in [5.41, 5.74) is 2.36. The lowest BCUT2D eigenvalue weighted by Gasteiger charge is -2.09. The van der Waals surface area contributed by atoms with Crippen molar-refractivity contribution >= 4 is 11.3 Å². The van der Waals surface area contributed by atoms with Crippen molar-refractivity contribution in [2.45, 2.75) is 39.7 Å². The molecule has 19 heavy (non-hydrogen) atoms. The molecule has 0 bridgehead atoms. The molecular formula is C16H22N2S. The van der Waals surface area contributed by atoms with E-state index in [9.17, 15) is 0 Å². The van der Waals surface area contributed by atoms with Crippen molar-refractivity contribution in [3.05, 3.63) is 40.2 Å². The maximum Gasteiger partial charge on any atom is 0.0948 e. The second-order valence-corrected chi connectivity index (χ2v) is 6.18. The van der Waals surface area contributed by atoms with E-state index in [-0.39, 0.29) is 0 Å². The second-order valence-electron chi connectivity index (χ2n) is 4.89. The second kappa shape index (κ2) is 6.83. The van der Waals surface area contributed by atoms with E-state index in [2.05, 4.69) is 50.4 Å². The molecule has 1 aromatic heterocycles. The van der Waals surface area contributed by atoms with Gasteiger partial charge in [0, 0.05) is 29.4 Å². The van der Waals surface area contributed by atoms with Crippen LogP contribution in [0.15, 0.2) is 30.3 Å². The largest absolute Gasteiger partial charge is 0.314 e. The average molecular weight is 274 g/mol. The van der Waals surface area contributed by atoms with Gasteiger partial charge in [-0.3, -0.25) is 0 Å². The van der Waals surface area contributed by atoms with Crippen LogP contribution in [0.4, 0.5) is 0 Å². The molecule has 2 aromatic rings. The van der Waals surface area contributed by atoms with Crippen molar-refractivity contribution in [3.63, 3.8) is 0 Å². The third-order valence-corrected chi connectivity index (χ3v) is 4.36. The van der Waals surface area contributed by atoms with Crippen molar-refractivity contribution in [1.29, 1.82) is 0 Å².